The van der Waals surface area contributed by atoms with E-state index in [4.69, 9.17) is 4.42 Å². The number of rotatable bonds is 3. The Hall–Kier alpha value is -1.75. The van der Waals surface area contributed by atoms with Gasteiger partial charge in [0.25, 0.3) is 5.69 Å². The summed E-state index contributed by atoms with van der Waals surface area (Å²) in [5, 5.41) is 11.4. The maximum Gasteiger partial charge on any atom is 0.283 e. The van der Waals surface area contributed by atoms with Gasteiger partial charge >= 0.3 is 0 Å². The molecule has 76 valence electrons. The first-order valence-corrected chi connectivity index (χ1v) is 5.04. The van der Waals surface area contributed by atoms with Crippen LogP contribution >= 0.6 is 11.8 Å². The van der Waals surface area contributed by atoms with Gasteiger partial charge in [-0.3, -0.25) is 10.1 Å². The maximum absolute atomic E-state index is 10.7. The lowest BCUT2D eigenvalue weighted by Crippen LogP contribution is -1.89. The van der Waals surface area contributed by atoms with Crippen molar-refractivity contribution < 1.29 is 9.34 Å². The summed E-state index contributed by atoms with van der Waals surface area (Å²) in [5.41, 5.74) is 0.0962. The molecule has 0 aliphatic heterocycles. The van der Waals surface area contributed by atoms with Gasteiger partial charge in [-0.1, -0.05) is 12.1 Å². The van der Waals surface area contributed by atoms with Gasteiger partial charge in [0.2, 0.25) is 0 Å². The van der Waals surface area contributed by atoms with Crippen molar-refractivity contribution in [1.82, 2.24) is 0 Å². The fourth-order valence-corrected chi connectivity index (χ4v) is 1.99. The quantitative estimate of drug-likeness (QED) is 0.589. The fourth-order valence-electron chi connectivity index (χ4n) is 1.12. The van der Waals surface area contributed by atoms with Crippen molar-refractivity contribution in [2.24, 2.45) is 0 Å². The summed E-state index contributed by atoms with van der Waals surface area (Å²) >= 11 is 1.24. The van der Waals surface area contributed by atoms with Crippen molar-refractivity contribution in [3.05, 3.63) is 52.8 Å². The predicted molar refractivity (Wildman–Crippen MR) is 55.9 cm³/mol. The zero-order valence-corrected chi connectivity index (χ0v) is 8.44. The highest BCUT2D eigenvalue weighted by Crippen LogP contribution is 2.34. The highest BCUT2D eigenvalue weighted by atomic mass is 32.2. The normalized spacial score (nSPS) is 10.1. The van der Waals surface area contributed by atoms with Gasteiger partial charge in [0.15, 0.2) is 5.09 Å². The average molecular weight is 221 g/mol. The summed E-state index contributed by atoms with van der Waals surface area (Å²) < 4.78 is 5.11. The molecule has 0 N–H and O–H groups in total. The topological polar surface area (TPSA) is 56.3 Å². The number of furan rings is 1. The van der Waals surface area contributed by atoms with Gasteiger partial charge in [0.05, 0.1) is 16.1 Å². The van der Waals surface area contributed by atoms with Crippen molar-refractivity contribution >= 4 is 17.4 Å². The third-order valence-electron chi connectivity index (χ3n) is 1.77. The van der Waals surface area contributed by atoms with Crippen molar-refractivity contribution in [3.63, 3.8) is 0 Å². The molecule has 0 bridgehead atoms. The molecule has 2 rings (SSSR count). The van der Waals surface area contributed by atoms with Crippen LogP contribution in [0.25, 0.3) is 0 Å². The molecule has 4 nitrogen and oxygen atoms in total. The van der Waals surface area contributed by atoms with E-state index in [0.29, 0.717) is 9.99 Å². The van der Waals surface area contributed by atoms with Crippen molar-refractivity contribution in [2.75, 3.05) is 0 Å². The van der Waals surface area contributed by atoms with E-state index < -0.39 is 4.92 Å². The maximum atomic E-state index is 10.7. The van der Waals surface area contributed by atoms with E-state index in [0.717, 1.165) is 0 Å². The minimum absolute atomic E-state index is 0.0962. The van der Waals surface area contributed by atoms with Crippen molar-refractivity contribution in [1.29, 1.82) is 0 Å². The van der Waals surface area contributed by atoms with Crippen LogP contribution in [0.3, 0.4) is 0 Å². The summed E-state index contributed by atoms with van der Waals surface area (Å²) in [6.45, 7) is 0. The number of para-hydroxylation sites is 1. The molecule has 0 aliphatic rings. The molecule has 0 saturated carbocycles. The zero-order chi connectivity index (χ0) is 10.7. The Balaban J connectivity index is 2.32. The minimum atomic E-state index is -0.398. The van der Waals surface area contributed by atoms with Gasteiger partial charge < -0.3 is 4.42 Å². The van der Waals surface area contributed by atoms with E-state index in [1.807, 2.05) is 0 Å². The summed E-state index contributed by atoms with van der Waals surface area (Å²) in [6.07, 6.45) is 1.54. The first-order valence-electron chi connectivity index (χ1n) is 4.22. The number of nitro benzene ring substituents is 1. The summed E-state index contributed by atoms with van der Waals surface area (Å²) in [5.74, 6) is 0. The standard InChI is InChI=1S/C10H7NO3S/c12-11(13)8-4-1-2-5-9(8)15-10-6-3-7-14-10/h1-7H. The lowest BCUT2D eigenvalue weighted by Gasteiger charge is -1.98. The summed E-state index contributed by atoms with van der Waals surface area (Å²) in [4.78, 5) is 10.9. The monoisotopic (exact) mass is 221 g/mol. The molecule has 15 heavy (non-hydrogen) atoms. The van der Waals surface area contributed by atoms with Crippen LogP contribution in [-0.4, -0.2) is 4.92 Å². The molecule has 0 amide bonds. The lowest BCUT2D eigenvalue weighted by molar-refractivity contribution is -0.387. The fraction of sp³-hybridized carbons (Fsp3) is 0. The van der Waals surface area contributed by atoms with Gasteiger partial charge in [-0.05, 0) is 30.0 Å². The molecule has 0 atom stereocenters. The largest absolute Gasteiger partial charge is 0.458 e. The van der Waals surface area contributed by atoms with Gasteiger partial charge in [0, 0.05) is 6.07 Å². The first kappa shape index (κ1) is 9.79. The van der Waals surface area contributed by atoms with Crippen LogP contribution in [0.15, 0.2) is 57.1 Å². The van der Waals surface area contributed by atoms with Crippen LogP contribution in [0, 0.1) is 10.1 Å². The van der Waals surface area contributed by atoms with Crippen LogP contribution in [-0.2, 0) is 0 Å². The number of benzene rings is 1. The molecule has 1 aromatic heterocycles. The molecule has 0 spiro atoms. The van der Waals surface area contributed by atoms with Gasteiger partial charge in [-0.15, -0.1) is 0 Å². The third-order valence-corrected chi connectivity index (χ3v) is 2.77. The highest BCUT2D eigenvalue weighted by molar-refractivity contribution is 7.99. The van der Waals surface area contributed by atoms with E-state index in [1.165, 1.54) is 24.1 Å². The molecule has 0 aliphatic carbocycles. The second kappa shape index (κ2) is 4.18. The molecular weight excluding hydrogens is 214 g/mol. The Morgan fingerprint density at radius 1 is 1.20 bits per heavy atom. The smallest absolute Gasteiger partial charge is 0.283 e. The van der Waals surface area contributed by atoms with Gasteiger partial charge in [-0.2, -0.15) is 0 Å². The van der Waals surface area contributed by atoms with E-state index in [9.17, 15) is 10.1 Å². The highest BCUT2D eigenvalue weighted by Gasteiger charge is 2.14. The Kier molecular flexibility index (Phi) is 2.73. The summed E-state index contributed by atoms with van der Waals surface area (Å²) in [7, 11) is 0. The molecule has 0 fully saturated rings. The summed E-state index contributed by atoms with van der Waals surface area (Å²) in [6, 6.07) is 10.1. The Morgan fingerprint density at radius 3 is 2.67 bits per heavy atom. The Morgan fingerprint density at radius 2 is 2.00 bits per heavy atom. The molecule has 1 heterocycles. The number of nitro groups is 1. The van der Waals surface area contributed by atoms with Gasteiger partial charge in [0.1, 0.15) is 0 Å². The lowest BCUT2D eigenvalue weighted by atomic mass is 10.3. The molecule has 0 unspecified atom stereocenters. The number of nitrogens with zero attached hydrogens (tertiary/aromatic N) is 1. The predicted octanol–water partition coefficient (Wildman–Crippen LogP) is 3.34. The van der Waals surface area contributed by atoms with Crippen LogP contribution in [0.4, 0.5) is 5.69 Å². The van der Waals surface area contributed by atoms with Gasteiger partial charge in [-0.25, -0.2) is 0 Å². The average Bonchev–Trinajstić information content (AvgIpc) is 2.71. The molecule has 1 aromatic carbocycles. The molecular formula is C10H7NO3S. The molecule has 5 heteroatoms. The van der Waals surface area contributed by atoms with E-state index in [-0.39, 0.29) is 5.69 Å². The molecule has 2 aromatic rings. The van der Waals surface area contributed by atoms with Crippen molar-refractivity contribution in [3.8, 4) is 0 Å². The SMILES string of the molecule is O=[N+]([O-])c1ccccc1Sc1ccco1. The van der Waals surface area contributed by atoms with E-state index in [2.05, 4.69) is 0 Å². The van der Waals surface area contributed by atoms with Crippen LogP contribution < -0.4 is 0 Å². The van der Waals surface area contributed by atoms with Crippen molar-refractivity contribution in [2.45, 2.75) is 9.99 Å². The first-order chi connectivity index (χ1) is 7.27. The zero-order valence-electron chi connectivity index (χ0n) is 7.62. The minimum Gasteiger partial charge on any atom is -0.458 e. The second-order valence-corrected chi connectivity index (χ2v) is 3.81. The number of hydrogen-bond donors (Lipinski definition) is 0. The Bertz CT molecular complexity index is 467. The second-order valence-electron chi connectivity index (χ2n) is 2.76. The molecule has 0 saturated heterocycles. The molecule has 0 radical (unpaired) electrons. The third kappa shape index (κ3) is 2.19. The van der Waals surface area contributed by atoms with Crippen LogP contribution in [0.2, 0.25) is 0 Å². The number of hydrogen-bond acceptors (Lipinski definition) is 4. The van der Waals surface area contributed by atoms with Crippen LogP contribution in [0.1, 0.15) is 0 Å². The van der Waals surface area contributed by atoms with E-state index >= 15 is 0 Å². The van der Waals surface area contributed by atoms with E-state index in [1.54, 1.807) is 30.3 Å². The van der Waals surface area contributed by atoms with Crippen LogP contribution in [0.5, 0.6) is 0 Å². The Labute approximate surface area is 90.1 Å².